The van der Waals surface area contributed by atoms with E-state index in [2.05, 4.69) is 6.08 Å². The first kappa shape index (κ1) is 8.05. The molecule has 0 heterocycles. The van der Waals surface area contributed by atoms with Crippen LogP contribution in [0.5, 0.6) is 0 Å². The zero-order valence-corrected chi connectivity index (χ0v) is 6.89. The second kappa shape index (κ2) is 3.37. The third-order valence-electron chi connectivity index (χ3n) is 1.54. The average molecular weight is 152 g/mol. The molecule has 1 aliphatic carbocycles. The maximum Gasteiger partial charge on any atom is 0.307 e. The highest BCUT2D eigenvalue weighted by Crippen LogP contribution is 2.18. The van der Waals surface area contributed by atoms with E-state index in [9.17, 15) is 4.79 Å². The van der Waals surface area contributed by atoms with Gasteiger partial charge in [0.15, 0.2) is 0 Å². The van der Waals surface area contributed by atoms with Crippen LogP contribution in [0.2, 0.25) is 0 Å². The Hall–Kier alpha value is -1.05. The van der Waals surface area contributed by atoms with Gasteiger partial charge < -0.3 is 4.74 Å². The van der Waals surface area contributed by atoms with Crippen molar-refractivity contribution in [2.45, 2.75) is 26.7 Å². The number of esters is 1. The molecule has 0 amide bonds. The molecule has 0 spiro atoms. The van der Waals surface area contributed by atoms with Crippen LogP contribution in [-0.4, -0.2) is 5.97 Å². The first-order chi connectivity index (χ1) is 5.18. The van der Waals surface area contributed by atoms with Crippen molar-refractivity contribution in [1.82, 2.24) is 0 Å². The van der Waals surface area contributed by atoms with Gasteiger partial charge in [-0.1, -0.05) is 11.6 Å². The molecular formula is C9H12O2. The molecule has 60 valence electrons. The second-order valence-corrected chi connectivity index (χ2v) is 2.73. The fourth-order valence-electron chi connectivity index (χ4n) is 1.07. The normalized spacial score (nSPS) is 16.9. The van der Waals surface area contributed by atoms with E-state index in [0.717, 1.165) is 18.6 Å². The van der Waals surface area contributed by atoms with E-state index < -0.39 is 0 Å². The molecule has 2 heteroatoms. The van der Waals surface area contributed by atoms with Gasteiger partial charge in [0, 0.05) is 13.3 Å². The minimum absolute atomic E-state index is 0.231. The number of carbonyl (C=O) groups excluding carboxylic acids is 1. The molecule has 0 saturated heterocycles. The fraction of sp³-hybridized carbons (Fsp3) is 0.444. The van der Waals surface area contributed by atoms with E-state index in [1.165, 1.54) is 12.5 Å². The molecular weight excluding hydrogens is 140 g/mol. The van der Waals surface area contributed by atoms with Gasteiger partial charge in [0.1, 0.15) is 5.76 Å². The lowest BCUT2D eigenvalue weighted by atomic mass is 10.1. The first-order valence-corrected chi connectivity index (χ1v) is 3.71. The Kier molecular flexibility index (Phi) is 2.47. The monoisotopic (exact) mass is 152 g/mol. The molecule has 0 saturated carbocycles. The molecule has 11 heavy (non-hydrogen) atoms. The zero-order chi connectivity index (χ0) is 8.27. The van der Waals surface area contributed by atoms with Gasteiger partial charge in [-0.3, -0.25) is 4.79 Å². The van der Waals surface area contributed by atoms with Crippen molar-refractivity contribution in [3.63, 3.8) is 0 Å². The topological polar surface area (TPSA) is 26.3 Å². The first-order valence-electron chi connectivity index (χ1n) is 3.71. The van der Waals surface area contributed by atoms with Gasteiger partial charge in [0.05, 0.1) is 0 Å². The van der Waals surface area contributed by atoms with Crippen molar-refractivity contribution in [2.24, 2.45) is 0 Å². The third-order valence-corrected chi connectivity index (χ3v) is 1.54. The van der Waals surface area contributed by atoms with Gasteiger partial charge in [-0.05, 0) is 19.4 Å². The summed E-state index contributed by atoms with van der Waals surface area (Å²) >= 11 is 0. The van der Waals surface area contributed by atoms with Crippen LogP contribution in [0.15, 0.2) is 23.5 Å². The van der Waals surface area contributed by atoms with Gasteiger partial charge in [-0.25, -0.2) is 0 Å². The number of rotatable bonds is 1. The van der Waals surface area contributed by atoms with Crippen molar-refractivity contribution in [3.05, 3.63) is 23.5 Å². The molecule has 1 aliphatic rings. The molecule has 0 aliphatic heterocycles. The Balaban J connectivity index is 2.49. The summed E-state index contributed by atoms with van der Waals surface area (Å²) in [5, 5.41) is 0. The Morgan fingerprint density at radius 3 is 2.82 bits per heavy atom. The highest BCUT2D eigenvalue weighted by molar-refractivity contribution is 5.67. The van der Waals surface area contributed by atoms with Crippen LogP contribution >= 0.6 is 0 Å². The number of carbonyl (C=O) groups is 1. The van der Waals surface area contributed by atoms with Gasteiger partial charge >= 0.3 is 5.97 Å². The lowest BCUT2D eigenvalue weighted by Crippen LogP contribution is -2.01. The molecule has 0 radical (unpaired) electrons. The van der Waals surface area contributed by atoms with Crippen LogP contribution in [0.1, 0.15) is 26.7 Å². The van der Waals surface area contributed by atoms with Crippen molar-refractivity contribution in [2.75, 3.05) is 0 Å². The van der Waals surface area contributed by atoms with Crippen molar-refractivity contribution < 1.29 is 9.53 Å². The molecule has 2 nitrogen and oxygen atoms in total. The molecule has 0 atom stereocenters. The van der Waals surface area contributed by atoms with E-state index in [-0.39, 0.29) is 5.97 Å². The lowest BCUT2D eigenvalue weighted by molar-refractivity contribution is -0.137. The largest absolute Gasteiger partial charge is 0.431 e. The molecule has 0 fully saturated rings. The predicted octanol–water partition coefficient (Wildman–Crippen LogP) is 2.17. The molecule has 0 N–H and O–H groups in total. The summed E-state index contributed by atoms with van der Waals surface area (Å²) in [5.74, 6) is 0.559. The molecule has 1 rings (SSSR count). The van der Waals surface area contributed by atoms with Crippen LogP contribution < -0.4 is 0 Å². The smallest absolute Gasteiger partial charge is 0.307 e. The quantitative estimate of drug-likeness (QED) is 0.425. The van der Waals surface area contributed by atoms with E-state index >= 15 is 0 Å². The van der Waals surface area contributed by atoms with Crippen LogP contribution in [0.3, 0.4) is 0 Å². The van der Waals surface area contributed by atoms with Crippen LogP contribution in [0.4, 0.5) is 0 Å². The Morgan fingerprint density at radius 2 is 2.27 bits per heavy atom. The van der Waals surface area contributed by atoms with Crippen LogP contribution in [-0.2, 0) is 9.53 Å². The highest BCUT2D eigenvalue weighted by atomic mass is 16.5. The van der Waals surface area contributed by atoms with Crippen LogP contribution in [0, 0.1) is 0 Å². The Morgan fingerprint density at radius 1 is 1.55 bits per heavy atom. The molecule has 0 bridgehead atoms. The highest BCUT2D eigenvalue weighted by Gasteiger charge is 2.05. The summed E-state index contributed by atoms with van der Waals surface area (Å²) in [5.41, 5.74) is 1.27. The summed E-state index contributed by atoms with van der Waals surface area (Å²) < 4.78 is 4.94. The summed E-state index contributed by atoms with van der Waals surface area (Å²) in [6, 6.07) is 0. The standard InChI is InChI=1S/C9H12O2/c1-7-4-3-5-9(6-7)11-8(2)10/h4-5H,3,6H2,1-2H3. The fourth-order valence-corrected chi connectivity index (χ4v) is 1.07. The number of allylic oxidation sites excluding steroid dienone is 3. The van der Waals surface area contributed by atoms with Gasteiger partial charge in [-0.15, -0.1) is 0 Å². The minimum atomic E-state index is -0.231. The van der Waals surface area contributed by atoms with E-state index in [1.807, 2.05) is 13.0 Å². The maximum atomic E-state index is 10.5. The molecule has 0 unspecified atom stereocenters. The molecule has 0 aromatic carbocycles. The van der Waals surface area contributed by atoms with E-state index in [0.29, 0.717) is 0 Å². The number of ether oxygens (including phenoxy) is 1. The number of hydrogen-bond acceptors (Lipinski definition) is 2. The predicted molar refractivity (Wildman–Crippen MR) is 42.8 cm³/mol. The molecule has 0 aromatic rings. The van der Waals surface area contributed by atoms with E-state index in [4.69, 9.17) is 4.74 Å². The van der Waals surface area contributed by atoms with Crippen molar-refractivity contribution in [3.8, 4) is 0 Å². The number of hydrogen-bond donors (Lipinski definition) is 0. The van der Waals surface area contributed by atoms with Gasteiger partial charge in [-0.2, -0.15) is 0 Å². The SMILES string of the molecule is CC(=O)OC1=CCC=C(C)C1. The zero-order valence-electron chi connectivity index (χ0n) is 6.89. The summed E-state index contributed by atoms with van der Waals surface area (Å²) in [7, 11) is 0. The molecule has 0 aromatic heterocycles. The van der Waals surface area contributed by atoms with Crippen LogP contribution in [0.25, 0.3) is 0 Å². The maximum absolute atomic E-state index is 10.5. The summed E-state index contributed by atoms with van der Waals surface area (Å²) in [6.45, 7) is 3.46. The Labute approximate surface area is 66.5 Å². The van der Waals surface area contributed by atoms with Gasteiger partial charge in [0.25, 0.3) is 0 Å². The third kappa shape index (κ3) is 2.58. The van der Waals surface area contributed by atoms with Crippen molar-refractivity contribution >= 4 is 5.97 Å². The van der Waals surface area contributed by atoms with Gasteiger partial charge in [0.2, 0.25) is 0 Å². The lowest BCUT2D eigenvalue weighted by Gasteiger charge is -2.10. The summed E-state index contributed by atoms with van der Waals surface area (Å²) in [6.07, 6.45) is 5.73. The van der Waals surface area contributed by atoms with E-state index in [1.54, 1.807) is 0 Å². The average Bonchev–Trinajstić information content (AvgIpc) is 1.85. The van der Waals surface area contributed by atoms with Crippen molar-refractivity contribution in [1.29, 1.82) is 0 Å². The minimum Gasteiger partial charge on any atom is -0.431 e. The summed E-state index contributed by atoms with van der Waals surface area (Å²) in [4.78, 5) is 10.5. The Bertz CT molecular complexity index is 220. The second-order valence-electron chi connectivity index (χ2n) is 2.73.